The van der Waals surface area contributed by atoms with Crippen molar-refractivity contribution < 1.29 is 13.5 Å². The van der Waals surface area contributed by atoms with E-state index in [0.717, 1.165) is 51.7 Å². The highest BCUT2D eigenvalue weighted by Gasteiger charge is 2.67. The second-order valence-electron chi connectivity index (χ2n) is 9.71. The van der Waals surface area contributed by atoms with Gasteiger partial charge in [-0.05, 0) is 68.2 Å². The first kappa shape index (κ1) is 21.1. The number of piperidine rings is 1. The Morgan fingerprint density at radius 3 is 2.48 bits per heavy atom. The normalized spacial score (nSPS) is 31.4. The summed E-state index contributed by atoms with van der Waals surface area (Å²) in [4.78, 5) is 2.58. The van der Waals surface area contributed by atoms with Crippen LogP contribution in [0.15, 0.2) is 24.3 Å². The number of likely N-dealkylation sites (tertiary alicyclic amines) is 1. The number of rotatable bonds is 8. The van der Waals surface area contributed by atoms with Crippen molar-refractivity contribution in [1.82, 2.24) is 4.90 Å². The molecule has 1 aliphatic heterocycles. The molecule has 1 heterocycles. The number of benzene rings is 1. The fourth-order valence-electron chi connectivity index (χ4n) is 6.33. The summed E-state index contributed by atoms with van der Waals surface area (Å²) in [6.45, 7) is 5.60. The molecule has 3 fully saturated rings. The predicted molar refractivity (Wildman–Crippen MR) is 118 cm³/mol. The van der Waals surface area contributed by atoms with E-state index in [-0.39, 0.29) is 5.41 Å². The summed E-state index contributed by atoms with van der Waals surface area (Å²) >= 11 is 0. The monoisotopic (exact) mass is 420 g/mol. The minimum absolute atomic E-state index is 0.202. The van der Waals surface area contributed by atoms with Crippen LogP contribution < -0.4 is 4.72 Å². The Balaban J connectivity index is 1.33. The highest BCUT2D eigenvalue weighted by atomic mass is 32.2. The Kier molecular flexibility index (Phi) is 5.73. The third kappa shape index (κ3) is 4.35. The van der Waals surface area contributed by atoms with Gasteiger partial charge in [0.15, 0.2) is 0 Å². The van der Waals surface area contributed by atoms with Crippen LogP contribution in [0.4, 0.5) is 5.69 Å². The van der Waals surface area contributed by atoms with Gasteiger partial charge in [-0.2, -0.15) is 0 Å². The fraction of sp³-hybridized carbons (Fsp3) is 0.739. The Labute approximate surface area is 175 Å². The van der Waals surface area contributed by atoms with E-state index >= 15 is 0 Å². The molecule has 4 rings (SSSR count). The first-order valence-electron chi connectivity index (χ1n) is 11.3. The van der Waals surface area contributed by atoms with Crippen LogP contribution >= 0.6 is 0 Å². The lowest BCUT2D eigenvalue weighted by Gasteiger charge is -2.33. The molecule has 2 atom stereocenters. The van der Waals surface area contributed by atoms with Crippen LogP contribution in [-0.2, 0) is 15.4 Å². The van der Waals surface area contributed by atoms with Crippen molar-refractivity contribution in [2.45, 2.75) is 69.3 Å². The van der Waals surface area contributed by atoms with E-state index in [0.29, 0.717) is 17.5 Å². The topological polar surface area (TPSA) is 69.6 Å². The van der Waals surface area contributed by atoms with Crippen molar-refractivity contribution in [1.29, 1.82) is 0 Å². The third-order valence-corrected chi connectivity index (χ3v) is 8.41. The molecule has 2 N–H and O–H groups in total. The van der Waals surface area contributed by atoms with Gasteiger partial charge in [-0.1, -0.05) is 38.3 Å². The van der Waals surface area contributed by atoms with Gasteiger partial charge in [0.25, 0.3) is 0 Å². The summed E-state index contributed by atoms with van der Waals surface area (Å²) in [6.07, 6.45) is 9.91. The van der Waals surface area contributed by atoms with E-state index in [1.165, 1.54) is 31.1 Å². The van der Waals surface area contributed by atoms with Crippen molar-refractivity contribution in [2.24, 2.45) is 11.8 Å². The maximum Gasteiger partial charge on any atom is 0.229 e. The molecule has 2 saturated carbocycles. The SMILES string of the molecule is CCC1(c2cccc(NS(C)(=O)=O)c2)C2CN(CCCC3(O)CCCCC3)CC21. The van der Waals surface area contributed by atoms with E-state index in [1.807, 2.05) is 18.2 Å². The van der Waals surface area contributed by atoms with E-state index in [2.05, 4.69) is 22.6 Å². The molecule has 2 aliphatic carbocycles. The smallest absolute Gasteiger partial charge is 0.229 e. The molecular weight excluding hydrogens is 384 g/mol. The quantitative estimate of drug-likeness (QED) is 0.672. The second-order valence-corrected chi connectivity index (χ2v) is 11.5. The van der Waals surface area contributed by atoms with Crippen LogP contribution in [0.25, 0.3) is 0 Å². The molecule has 0 aromatic heterocycles. The maximum atomic E-state index is 11.6. The average Bonchev–Trinajstić information content (AvgIpc) is 3.04. The van der Waals surface area contributed by atoms with Gasteiger partial charge in [0.1, 0.15) is 0 Å². The molecule has 0 spiro atoms. The number of sulfonamides is 1. The second kappa shape index (κ2) is 7.86. The zero-order valence-corrected chi connectivity index (χ0v) is 18.7. The molecule has 1 saturated heterocycles. The summed E-state index contributed by atoms with van der Waals surface area (Å²) in [7, 11) is -3.26. The molecular formula is C23H36N2O3S. The van der Waals surface area contributed by atoms with E-state index in [9.17, 15) is 13.5 Å². The minimum Gasteiger partial charge on any atom is -0.390 e. The van der Waals surface area contributed by atoms with Crippen molar-refractivity contribution in [3.05, 3.63) is 29.8 Å². The van der Waals surface area contributed by atoms with Crippen LogP contribution in [0.2, 0.25) is 0 Å². The fourth-order valence-corrected chi connectivity index (χ4v) is 6.89. The van der Waals surface area contributed by atoms with Crippen LogP contribution in [-0.4, -0.2) is 49.9 Å². The highest BCUT2D eigenvalue weighted by molar-refractivity contribution is 7.92. The standard InChI is InChI=1S/C23H36N2O3S/c1-3-23(18-9-7-10-19(15-18)24-29(2,27)28)20-16-25(17-21(20)23)14-8-13-22(26)11-5-4-6-12-22/h7,9-10,15,20-21,24,26H,3-6,8,11-14,16-17H2,1-2H3. The summed E-state index contributed by atoms with van der Waals surface area (Å²) in [6, 6.07) is 8.00. The zero-order valence-electron chi connectivity index (χ0n) is 17.9. The molecule has 2 unspecified atom stereocenters. The number of fused-ring (bicyclic) bond motifs is 1. The van der Waals surface area contributed by atoms with Gasteiger partial charge >= 0.3 is 0 Å². The number of nitrogens with one attached hydrogen (secondary N) is 1. The van der Waals surface area contributed by atoms with Gasteiger partial charge in [-0.3, -0.25) is 4.72 Å². The number of anilines is 1. The van der Waals surface area contributed by atoms with Crippen LogP contribution in [0.1, 0.15) is 63.9 Å². The number of aliphatic hydroxyl groups is 1. The number of hydrogen-bond donors (Lipinski definition) is 2. The first-order valence-corrected chi connectivity index (χ1v) is 13.2. The maximum absolute atomic E-state index is 11.6. The lowest BCUT2D eigenvalue weighted by Crippen LogP contribution is -2.34. The van der Waals surface area contributed by atoms with Gasteiger partial charge in [-0.15, -0.1) is 0 Å². The van der Waals surface area contributed by atoms with Crippen molar-refractivity contribution >= 4 is 15.7 Å². The Morgan fingerprint density at radius 1 is 1.17 bits per heavy atom. The Hall–Kier alpha value is -1.11. The first-order chi connectivity index (χ1) is 13.8. The van der Waals surface area contributed by atoms with Crippen LogP contribution in [0.5, 0.6) is 0 Å². The average molecular weight is 421 g/mol. The van der Waals surface area contributed by atoms with Gasteiger partial charge in [0.2, 0.25) is 10.0 Å². The summed E-state index contributed by atoms with van der Waals surface area (Å²) in [5.74, 6) is 1.33. The molecule has 0 amide bonds. The Morgan fingerprint density at radius 2 is 1.86 bits per heavy atom. The summed E-state index contributed by atoms with van der Waals surface area (Å²) < 4.78 is 25.8. The molecule has 1 aromatic carbocycles. The van der Waals surface area contributed by atoms with Crippen molar-refractivity contribution in [2.75, 3.05) is 30.6 Å². The van der Waals surface area contributed by atoms with Gasteiger partial charge in [-0.25, -0.2) is 8.42 Å². The van der Waals surface area contributed by atoms with Gasteiger partial charge in [0, 0.05) is 24.2 Å². The van der Waals surface area contributed by atoms with Gasteiger partial charge < -0.3 is 10.0 Å². The van der Waals surface area contributed by atoms with Crippen molar-refractivity contribution in [3.63, 3.8) is 0 Å². The van der Waals surface area contributed by atoms with E-state index in [4.69, 9.17) is 0 Å². The number of nitrogens with zero attached hydrogens (tertiary/aromatic N) is 1. The summed E-state index contributed by atoms with van der Waals surface area (Å²) in [5.41, 5.74) is 1.74. The predicted octanol–water partition coefficient (Wildman–Crippen LogP) is 3.74. The number of hydrogen-bond acceptors (Lipinski definition) is 4. The Bertz CT molecular complexity index is 820. The van der Waals surface area contributed by atoms with Crippen LogP contribution in [0, 0.1) is 11.8 Å². The van der Waals surface area contributed by atoms with Gasteiger partial charge in [0.05, 0.1) is 11.9 Å². The minimum atomic E-state index is -3.26. The summed E-state index contributed by atoms with van der Waals surface area (Å²) in [5, 5.41) is 10.7. The molecule has 6 heteroatoms. The lowest BCUT2D eigenvalue weighted by atomic mass is 9.81. The third-order valence-electron chi connectivity index (χ3n) is 7.80. The largest absolute Gasteiger partial charge is 0.390 e. The molecule has 0 bridgehead atoms. The van der Waals surface area contributed by atoms with Crippen LogP contribution in [0.3, 0.4) is 0 Å². The molecule has 3 aliphatic rings. The van der Waals surface area contributed by atoms with E-state index < -0.39 is 15.6 Å². The molecule has 1 aromatic rings. The van der Waals surface area contributed by atoms with Crippen molar-refractivity contribution in [3.8, 4) is 0 Å². The highest BCUT2D eigenvalue weighted by Crippen LogP contribution is 2.65. The molecule has 0 radical (unpaired) electrons. The molecule has 29 heavy (non-hydrogen) atoms. The van der Waals surface area contributed by atoms with E-state index in [1.54, 1.807) is 0 Å². The molecule has 162 valence electrons. The zero-order chi connectivity index (χ0) is 20.7. The molecule has 5 nitrogen and oxygen atoms in total. The lowest BCUT2D eigenvalue weighted by molar-refractivity contribution is -0.00722.